The summed E-state index contributed by atoms with van der Waals surface area (Å²) in [7, 11) is 1.78. The van der Waals surface area contributed by atoms with Gasteiger partial charge in [-0.2, -0.15) is 4.98 Å². The van der Waals surface area contributed by atoms with Crippen molar-refractivity contribution >= 4 is 0 Å². The maximum Gasteiger partial charge on any atom is 0.241 e. The van der Waals surface area contributed by atoms with Gasteiger partial charge in [-0.3, -0.25) is 9.88 Å². The van der Waals surface area contributed by atoms with E-state index in [-0.39, 0.29) is 0 Å². The van der Waals surface area contributed by atoms with Gasteiger partial charge in [0.25, 0.3) is 0 Å². The molecule has 6 heteroatoms. The fraction of sp³-hybridized carbons (Fsp3) is 0.500. The molecule has 0 aromatic carbocycles. The van der Waals surface area contributed by atoms with Crippen molar-refractivity contribution in [3.8, 4) is 11.4 Å². The quantitative estimate of drug-likeness (QED) is 0.846. The van der Waals surface area contributed by atoms with Crippen LogP contribution in [0.3, 0.4) is 0 Å². The summed E-state index contributed by atoms with van der Waals surface area (Å²) in [6, 6.07) is 3.78. The molecule has 6 nitrogen and oxygen atoms in total. The standard InChI is InChI=1S/C14H18N4O2/c1-19-12-4-7-18(8-5-12)10-13-16-14(17-20-13)11-3-2-6-15-9-11/h2-3,6,9,12H,4-5,7-8,10H2,1H3. The SMILES string of the molecule is COC1CCN(Cc2nc(-c3cccnc3)no2)CC1. The molecule has 1 aliphatic rings. The average molecular weight is 274 g/mol. The van der Waals surface area contributed by atoms with Crippen molar-refractivity contribution in [2.75, 3.05) is 20.2 Å². The summed E-state index contributed by atoms with van der Waals surface area (Å²) in [5.41, 5.74) is 0.876. The fourth-order valence-corrected chi connectivity index (χ4v) is 2.43. The summed E-state index contributed by atoms with van der Waals surface area (Å²) in [5, 5.41) is 4.01. The van der Waals surface area contributed by atoms with Crippen molar-refractivity contribution in [3.05, 3.63) is 30.4 Å². The number of methoxy groups -OCH3 is 1. The van der Waals surface area contributed by atoms with Crippen molar-refractivity contribution < 1.29 is 9.26 Å². The van der Waals surface area contributed by atoms with Crippen LogP contribution in [0.1, 0.15) is 18.7 Å². The highest BCUT2D eigenvalue weighted by Gasteiger charge is 2.20. The van der Waals surface area contributed by atoms with Gasteiger partial charge < -0.3 is 9.26 Å². The number of aromatic nitrogens is 3. The first-order valence-corrected chi connectivity index (χ1v) is 6.83. The van der Waals surface area contributed by atoms with Gasteiger partial charge in [0.05, 0.1) is 12.6 Å². The number of piperidine rings is 1. The van der Waals surface area contributed by atoms with Crippen LogP contribution in [-0.4, -0.2) is 46.3 Å². The molecule has 2 aromatic heterocycles. The lowest BCUT2D eigenvalue weighted by Crippen LogP contribution is -2.36. The number of likely N-dealkylation sites (tertiary alicyclic amines) is 1. The van der Waals surface area contributed by atoms with Gasteiger partial charge in [0.2, 0.25) is 11.7 Å². The summed E-state index contributed by atoms with van der Waals surface area (Å²) >= 11 is 0. The van der Waals surface area contributed by atoms with Gasteiger partial charge in [0.1, 0.15) is 0 Å². The van der Waals surface area contributed by atoms with E-state index in [0.717, 1.165) is 31.5 Å². The minimum absolute atomic E-state index is 0.389. The molecule has 20 heavy (non-hydrogen) atoms. The topological polar surface area (TPSA) is 64.3 Å². The smallest absolute Gasteiger partial charge is 0.241 e. The van der Waals surface area contributed by atoms with E-state index in [2.05, 4.69) is 20.0 Å². The Kier molecular flexibility index (Phi) is 4.03. The largest absolute Gasteiger partial charge is 0.381 e. The molecule has 2 aromatic rings. The lowest BCUT2D eigenvalue weighted by molar-refractivity contribution is 0.0359. The molecule has 0 N–H and O–H groups in total. The molecule has 0 unspecified atom stereocenters. The van der Waals surface area contributed by atoms with E-state index in [0.29, 0.717) is 24.4 Å². The zero-order valence-corrected chi connectivity index (χ0v) is 11.5. The molecule has 0 atom stereocenters. The molecular weight excluding hydrogens is 256 g/mol. The van der Waals surface area contributed by atoms with Crippen LogP contribution in [-0.2, 0) is 11.3 Å². The zero-order valence-electron chi connectivity index (χ0n) is 11.5. The summed E-state index contributed by atoms with van der Waals surface area (Å²) in [4.78, 5) is 10.8. The number of pyridine rings is 1. The first-order chi connectivity index (χ1) is 9.85. The van der Waals surface area contributed by atoms with E-state index in [1.54, 1.807) is 19.5 Å². The Morgan fingerprint density at radius 3 is 2.95 bits per heavy atom. The Morgan fingerprint density at radius 1 is 1.40 bits per heavy atom. The third-order valence-corrected chi connectivity index (χ3v) is 3.61. The van der Waals surface area contributed by atoms with Gasteiger partial charge in [0.15, 0.2) is 0 Å². The minimum Gasteiger partial charge on any atom is -0.381 e. The summed E-state index contributed by atoms with van der Waals surface area (Å²) < 4.78 is 10.7. The molecule has 1 saturated heterocycles. The Hall–Kier alpha value is -1.79. The molecule has 1 aliphatic heterocycles. The van der Waals surface area contributed by atoms with E-state index >= 15 is 0 Å². The Balaban J connectivity index is 1.61. The third kappa shape index (κ3) is 3.02. The van der Waals surface area contributed by atoms with E-state index in [1.165, 1.54) is 0 Å². The van der Waals surface area contributed by atoms with Gasteiger partial charge in [-0.25, -0.2) is 0 Å². The number of rotatable bonds is 4. The normalized spacial score (nSPS) is 17.4. The van der Waals surface area contributed by atoms with Crippen LogP contribution in [0.2, 0.25) is 0 Å². The summed E-state index contributed by atoms with van der Waals surface area (Å²) in [5.74, 6) is 1.25. The molecule has 1 fully saturated rings. The Bertz CT molecular complexity index is 535. The molecule has 0 amide bonds. The highest BCUT2D eigenvalue weighted by Crippen LogP contribution is 2.17. The maximum atomic E-state index is 5.37. The lowest BCUT2D eigenvalue weighted by Gasteiger charge is -2.29. The van der Waals surface area contributed by atoms with E-state index in [4.69, 9.17) is 9.26 Å². The van der Waals surface area contributed by atoms with Crippen molar-refractivity contribution in [2.45, 2.75) is 25.5 Å². The first-order valence-electron chi connectivity index (χ1n) is 6.83. The highest BCUT2D eigenvalue weighted by molar-refractivity contribution is 5.51. The van der Waals surface area contributed by atoms with Crippen LogP contribution in [0.5, 0.6) is 0 Å². The van der Waals surface area contributed by atoms with E-state index in [1.807, 2.05) is 12.1 Å². The van der Waals surface area contributed by atoms with Gasteiger partial charge in [-0.1, -0.05) is 5.16 Å². The molecule has 0 saturated carbocycles. The van der Waals surface area contributed by atoms with Crippen molar-refractivity contribution in [2.24, 2.45) is 0 Å². The number of ether oxygens (including phenoxy) is 1. The number of hydrogen-bond donors (Lipinski definition) is 0. The monoisotopic (exact) mass is 274 g/mol. The van der Waals surface area contributed by atoms with Crippen LogP contribution in [0, 0.1) is 0 Å². The molecule has 3 heterocycles. The predicted molar refractivity (Wildman–Crippen MR) is 72.8 cm³/mol. The third-order valence-electron chi connectivity index (χ3n) is 3.61. The first kappa shape index (κ1) is 13.2. The second-order valence-electron chi connectivity index (χ2n) is 4.96. The van der Waals surface area contributed by atoms with Crippen LogP contribution in [0.4, 0.5) is 0 Å². The maximum absolute atomic E-state index is 5.37. The van der Waals surface area contributed by atoms with Crippen LogP contribution >= 0.6 is 0 Å². The summed E-state index contributed by atoms with van der Waals surface area (Å²) in [6.07, 6.45) is 5.96. The Labute approximate surface area is 117 Å². The van der Waals surface area contributed by atoms with Crippen LogP contribution in [0.25, 0.3) is 11.4 Å². The molecule has 3 rings (SSSR count). The van der Waals surface area contributed by atoms with Crippen molar-refractivity contribution in [3.63, 3.8) is 0 Å². The zero-order chi connectivity index (χ0) is 13.8. The fourth-order valence-electron chi connectivity index (χ4n) is 2.43. The predicted octanol–water partition coefficient (Wildman–Crippen LogP) is 1.74. The van der Waals surface area contributed by atoms with Crippen LogP contribution in [0.15, 0.2) is 29.0 Å². The van der Waals surface area contributed by atoms with Gasteiger partial charge in [0, 0.05) is 38.2 Å². The second kappa shape index (κ2) is 6.11. The molecule has 106 valence electrons. The number of hydrogen-bond acceptors (Lipinski definition) is 6. The van der Waals surface area contributed by atoms with Gasteiger partial charge in [-0.05, 0) is 25.0 Å². The van der Waals surface area contributed by atoms with E-state index < -0.39 is 0 Å². The molecular formula is C14H18N4O2. The highest BCUT2D eigenvalue weighted by atomic mass is 16.5. The average Bonchev–Trinajstić information content (AvgIpc) is 2.97. The van der Waals surface area contributed by atoms with Gasteiger partial charge >= 0.3 is 0 Å². The minimum atomic E-state index is 0.389. The summed E-state index contributed by atoms with van der Waals surface area (Å²) in [6.45, 7) is 2.70. The van der Waals surface area contributed by atoms with E-state index in [9.17, 15) is 0 Å². The molecule has 0 spiro atoms. The Morgan fingerprint density at radius 2 is 2.25 bits per heavy atom. The molecule has 0 aliphatic carbocycles. The van der Waals surface area contributed by atoms with Gasteiger partial charge in [-0.15, -0.1) is 0 Å². The second-order valence-corrected chi connectivity index (χ2v) is 4.96. The number of nitrogens with zero attached hydrogens (tertiary/aromatic N) is 4. The molecule has 0 bridgehead atoms. The van der Waals surface area contributed by atoms with Crippen molar-refractivity contribution in [1.29, 1.82) is 0 Å². The van der Waals surface area contributed by atoms with Crippen molar-refractivity contribution in [1.82, 2.24) is 20.0 Å². The molecule has 0 radical (unpaired) electrons. The van der Waals surface area contributed by atoms with Crippen LogP contribution < -0.4 is 0 Å². The lowest BCUT2D eigenvalue weighted by atomic mass is 10.1.